The lowest BCUT2D eigenvalue weighted by Gasteiger charge is -2.15. The Balaban J connectivity index is 1.47. The molecule has 1 N–H and O–H groups in total. The number of benzene rings is 2. The number of aryl methyl sites for hydroxylation is 1. The Morgan fingerprint density at radius 1 is 1.30 bits per heavy atom. The molecule has 1 saturated heterocycles. The van der Waals surface area contributed by atoms with Crippen molar-refractivity contribution >= 4 is 45.4 Å². The molecule has 0 bridgehead atoms. The number of halogens is 1. The molecule has 3 heterocycles. The summed E-state index contributed by atoms with van der Waals surface area (Å²) in [5.41, 5.74) is 2.13. The Morgan fingerprint density at radius 3 is 2.97 bits per heavy atom. The monoisotopic (exact) mass is 467 g/mol. The summed E-state index contributed by atoms with van der Waals surface area (Å²) in [7, 11) is 0. The van der Waals surface area contributed by atoms with E-state index in [0.29, 0.717) is 35.1 Å². The molecule has 1 fully saturated rings. The molecule has 0 radical (unpaired) electrons. The molecule has 2 aromatic heterocycles. The fourth-order valence-electron chi connectivity index (χ4n) is 3.96. The molecule has 1 atom stereocenters. The molecule has 2 aromatic carbocycles. The lowest BCUT2D eigenvalue weighted by Crippen LogP contribution is -2.29. The first-order chi connectivity index (χ1) is 16.0. The molecule has 0 saturated carbocycles. The van der Waals surface area contributed by atoms with Crippen LogP contribution in [0.15, 0.2) is 56.8 Å². The number of hydrogen-bond donors (Lipinski definition) is 1. The van der Waals surface area contributed by atoms with E-state index in [4.69, 9.17) is 14.1 Å². The maximum absolute atomic E-state index is 13.6. The van der Waals surface area contributed by atoms with Gasteiger partial charge in [0, 0.05) is 17.7 Å². The number of anilines is 1. The van der Waals surface area contributed by atoms with Gasteiger partial charge < -0.3 is 14.5 Å². The van der Waals surface area contributed by atoms with Gasteiger partial charge in [0.25, 0.3) is 5.56 Å². The average Bonchev–Trinajstić information content (AvgIpc) is 3.45. The van der Waals surface area contributed by atoms with E-state index < -0.39 is 5.82 Å². The Morgan fingerprint density at radius 2 is 2.15 bits per heavy atom. The Kier molecular flexibility index (Phi) is 5.90. The maximum atomic E-state index is 13.6. The molecule has 170 valence electrons. The van der Waals surface area contributed by atoms with Gasteiger partial charge in [-0.05, 0) is 49.6 Å². The third kappa shape index (κ3) is 4.38. The summed E-state index contributed by atoms with van der Waals surface area (Å²) >= 11 is 1.16. The van der Waals surface area contributed by atoms with Gasteiger partial charge in [0.2, 0.25) is 11.5 Å². The molecular formula is C24H22FN3O4S. The van der Waals surface area contributed by atoms with Crippen molar-refractivity contribution in [2.24, 2.45) is 0 Å². The summed E-state index contributed by atoms with van der Waals surface area (Å²) in [4.78, 5) is 30.7. The van der Waals surface area contributed by atoms with Crippen LogP contribution in [0.3, 0.4) is 0 Å². The smallest absolute Gasteiger partial charge is 0.297 e. The van der Waals surface area contributed by atoms with Crippen molar-refractivity contribution in [3.05, 3.63) is 64.2 Å². The van der Waals surface area contributed by atoms with Crippen LogP contribution < -0.4 is 10.9 Å². The van der Waals surface area contributed by atoms with Crippen molar-refractivity contribution in [3.63, 3.8) is 0 Å². The first kappa shape index (κ1) is 21.7. The quantitative estimate of drug-likeness (QED) is 0.332. The van der Waals surface area contributed by atoms with Crippen LogP contribution in [0.2, 0.25) is 0 Å². The van der Waals surface area contributed by atoms with Gasteiger partial charge in [-0.15, -0.1) is 0 Å². The van der Waals surface area contributed by atoms with Crippen LogP contribution in [0.1, 0.15) is 18.4 Å². The minimum atomic E-state index is -0.423. The molecule has 1 aliphatic rings. The fraction of sp³-hybridized carbons (Fsp3) is 0.292. The molecule has 5 rings (SSSR count). The molecule has 1 aliphatic heterocycles. The number of nitrogens with one attached hydrogen (secondary N) is 1. The van der Waals surface area contributed by atoms with E-state index in [2.05, 4.69) is 5.32 Å². The lowest BCUT2D eigenvalue weighted by atomic mass is 10.2. The number of nitrogens with zero attached hydrogens (tertiary/aromatic N) is 2. The lowest BCUT2D eigenvalue weighted by molar-refractivity contribution is -0.113. The highest BCUT2D eigenvalue weighted by molar-refractivity contribution is 7.99. The van der Waals surface area contributed by atoms with E-state index in [1.165, 1.54) is 16.7 Å². The van der Waals surface area contributed by atoms with Crippen molar-refractivity contribution < 1.29 is 18.3 Å². The molecule has 4 aromatic rings. The summed E-state index contributed by atoms with van der Waals surface area (Å²) < 4.78 is 26.6. The molecule has 0 spiro atoms. The zero-order valence-corrected chi connectivity index (χ0v) is 18.8. The largest absolute Gasteiger partial charge is 0.448 e. The van der Waals surface area contributed by atoms with E-state index in [1.807, 2.05) is 18.2 Å². The number of hydrogen-bond acceptors (Lipinski definition) is 6. The number of thioether (sulfide) groups is 1. The van der Waals surface area contributed by atoms with Crippen LogP contribution in [-0.4, -0.2) is 33.9 Å². The standard InChI is InChI=1S/C24H22FN3O4S/c1-14-8-9-15(25)11-18(14)26-20(29)13-33-24-27-21-17-6-2-3-7-19(17)32-22(21)23(30)28(24)12-16-5-4-10-31-16/h2-3,6-9,11,16H,4-5,10,12-13H2,1H3,(H,26,29). The highest BCUT2D eigenvalue weighted by atomic mass is 32.2. The SMILES string of the molecule is Cc1ccc(F)cc1NC(=O)CSc1nc2c(oc3ccccc32)c(=O)n1CC1CCCO1. The zero-order chi connectivity index (χ0) is 22.9. The number of para-hydroxylation sites is 1. The predicted molar refractivity (Wildman–Crippen MR) is 125 cm³/mol. The van der Waals surface area contributed by atoms with Crippen LogP contribution in [0.25, 0.3) is 22.1 Å². The number of carbonyl (C=O) groups excluding carboxylic acids is 1. The third-order valence-electron chi connectivity index (χ3n) is 5.66. The second-order valence-electron chi connectivity index (χ2n) is 8.02. The van der Waals surface area contributed by atoms with Crippen LogP contribution >= 0.6 is 11.8 Å². The maximum Gasteiger partial charge on any atom is 0.297 e. The van der Waals surface area contributed by atoms with Crippen molar-refractivity contribution in [2.45, 2.75) is 37.6 Å². The number of carbonyl (C=O) groups is 1. The highest BCUT2D eigenvalue weighted by Crippen LogP contribution is 2.28. The van der Waals surface area contributed by atoms with Gasteiger partial charge in [0.05, 0.1) is 18.4 Å². The van der Waals surface area contributed by atoms with E-state index >= 15 is 0 Å². The van der Waals surface area contributed by atoms with Crippen molar-refractivity contribution in [1.29, 1.82) is 0 Å². The minimum Gasteiger partial charge on any atom is -0.448 e. The second-order valence-corrected chi connectivity index (χ2v) is 8.96. The van der Waals surface area contributed by atoms with Gasteiger partial charge in [0.15, 0.2) is 5.16 Å². The predicted octanol–water partition coefficient (Wildman–Crippen LogP) is 4.50. The molecule has 9 heteroatoms. The van der Waals surface area contributed by atoms with Crippen molar-refractivity contribution in [2.75, 3.05) is 17.7 Å². The zero-order valence-electron chi connectivity index (χ0n) is 18.0. The Labute approximate surface area is 192 Å². The molecule has 7 nitrogen and oxygen atoms in total. The Hall–Kier alpha value is -3.17. The van der Waals surface area contributed by atoms with Crippen molar-refractivity contribution in [3.8, 4) is 0 Å². The van der Waals surface area contributed by atoms with Gasteiger partial charge in [0.1, 0.15) is 16.9 Å². The van der Waals surface area contributed by atoms with Gasteiger partial charge >= 0.3 is 0 Å². The van der Waals surface area contributed by atoms with E-state index in [0.717, 1.165) is 35.6 Å². The summed E-state index contributed by atoms with van der Waals surface area (Å²) in [5, 5.41) is 3.90. The first-order valence-electron chi connectivity index (χ1n) is 10.7. The summed E-state index contributed by atoms with van der Waals surface area (Å²) in [6.07, 6.45) is 1.71. The summed E-state index contributed by atoms with van der Waals surface area (Å²) in [6, 6.07) is 11.6. The van der Waals surface area contributed by atoms with Crippen LogP contribution in [0.4, 0.5) is 10.1 Å². The summed E-state index contributed by atoms with van der Waals surface area (Å²) in [5.74, 6) is -0.730. The first-order valence-corrected chi connectivity index (χ1v) is 11.7. The molecular weight excluding hydrogens is 445 g/mol. The fourth-order valence-corrected chi connectivity index (χ4v) is 4.76. The molecule has 1 amide bonds. The van der Waals surface area contributed by atoms with Gasteiger partial charge in [-0.1, -0.05) is 30.0 Å². The number of furan rings is 1. The average molecular weight is 468 g/mol. The van der Waals surface area contributed by atoms with Crippen LogP contribution in [-0.2, 0) is 16.1 Å². The topological polar surface area (TPSA) is 86.4 Å². The highest BCUT2D eigenvalue weighted by Gasteiger charge is 2.23. The number of aromatic nitrogens is 2. The van der Waals surface area contributed by atoms with Crippen LogP contribution in [0, 0.1) is 12.7 Å². The van der Waals surface area contributed by atoms with Gasteiger partial charge in [-0.25, -0.2) is 9.37 Å². The van der Waals surface area contributed by atoms with E-state index in [-0.39, 0.29) is 28.9 Å². The van der Waals surface area contributed by atoms with E-state index in [1.54, 1.807) is 19.1 Å². The van der Waals surface area contributed by atoms with Crippen molar-refractivity contribution in [1.82, 2.24) is 9.55 Å². The molecule has 0 aliphatic carbocycles. The number of fused-ring (bicyclic) bond motifs is 3. The van der Waals surface area contributed by atoms with Gasteiger partial charge in [-0.2, -0.15) is 0 Å². The second kappa shape index (κ2) is 8.99. The van der Waals surface area contributed by atoms with Crippen LogP contribution in [0.5, 0.6) is 0 Å². The number of amides is 1. The molecule has 33 heavy (non-hydrogen) atoms. The normalized spacial score (nSPS) is 16.0. The Bertz CT molecular complexity index is 1410. The number of rotatable bonds is 6. The molecule has 1 unspecified atom stereocenters. The minimum absolute atomic E-state index is 0.00913. The third-order valence-corrected chi connectivity index (χ3v) is 6.64. The van der Waals surface area contributed by atoms with E-state index in [9.17, 15) is 14.0 Å². The summed E-state index contributed by atoms with van der Waals surface area (Å²) in [6.45, 7) is 2.80. The number of ether oxygens (including phenoxy) is 1. The van der Waals surface area contributed by atoms with Gasteiger partial charge in [-0.3, -0.25) is 14.2 Å².